The smallest absolute Gasteiger partial charge is 0.263 e. The number of nitrogens with zero attached hydrogens (tertiary/aromatic N) is 1. The molecule has 0 aliphatic rings. The Balaban J connectivity index is 2.36. The summed E-state index contributed by atoms with van der Waals surface area (Å²) in [7, 11) is -2.28. The molecule has 19 heavy (non-hydrogen) atoms. The molecule has 2 N–H and O–H groups in total. The number of hydrogen-bond donors (Lipinski definition) is 2. The third kappa shape index (κ3) is 2.91. The van der Waals surface area contributed by atoms with E-state index in [9.17, 15) is 18.0 Å². The van der Waals surface area contributed by atoms with Gasteiger partial charge in [0.1, 0.15) is 4.90 Å². The molecule has 2 heterocycles. The van der Waals surface area contributed by atoms with Gasteiger partial charge in [-0.2, -0.15) is 0 Å². The minimum atomic E-state index is -3.80. The van der Waals surface area contributed by atoms with Gasteiger partial charge in [-0.05, 0) is 12.1 Å². The molecule has 0 saturated carbocycles. The molecule has 2 rings (SSSR count). The van der Waals surface area contributed by atoms with Crippen LogP contribution in [-0.4, -0.2) is 18.0 Å². The van der Waals surface area contributed by atoms with Gasteiger partial charge in [0.05, 0.1) is 5.69 Å². The van der Waals surface area contributed by atoms with Crippen molar-refractivity contribution in [3.8, 4) is 0 Å². The molecule has 0 atom stereocenters. The number of aryl methyl sites for hydroxylation is 1. The van der Waals surface area contributed by atoms with Gasteiger partial charge in [0, 0.05) is 31.6 Å². The number of aromatic amines is 1. The summed E-state index contributed by atoms with van der Waals surface area (Å²) in [5, 5.41) is 0. The van der Waals surface area contributed by atoms with Gasteiger partial charge in [-0.1, -0.05) is 0 Å². The fourth-order valence-corrected chi connectivity index (χ4v) is 2.44. The quantitative estimate of drug-likeness (QED) is 0.818. The van der Waals surface area contributed by atoms with Crippen LogP contribution in [0.3, 0.4) is 0 Å². The summed E-state index contributed by atoms with van der Waals surface area (Å²) < 4.78 is 27.5. The van der Waals surface area contributed by atoms with Crippen molar-refractivity contribution in [3.63, 3.8) is 0 Å². The summed E-state index contributed by atoms with van der Waals surface area (Å²) in [5.41, 5.74) is -0.374. The minimum absolute atomic E-state index is 0.0686. The maximum atomic E-state index is 12.0. The highest BCUT2D eigenvalue weighted by Crippen LogP contribution is 2.12. The third-order valence-corrected chi connectivity index (χ3v) is 3.78. The van der Waals surface area contributed by atoms with Crippen LogP contribution in [0.5, 0.6) is 0 Å². The Hall–Kier alpha value is -2.35. The summed E-state index contributed by atoms with van der Waals surface area (Å²) in [6.07, 6.45) is 2.47. The summed E-state index contributed by atoms with van der Waals surface area (Å²) in [6.45, 7) is 0. The van der Waals surface area contributed by atoms with Crippen LogP contribution in [0.15, 0.2) is 51.1 Å². The molecule has 2 aromatic heterocycles. The fourth-order valence-electron chi connectivity index (χ4n) is 1.43. The predicted octanol–water partition coefficient (Wildman–Crippen LogP) is -0.126. The van der Waals surface area contributed by atoms with Crippen molar-refractivity contribution in [3.05, 3.63) is 57.4 Å². The molecule has 0 spiro atoms. The summed E-state index contributed by atoms with van der Waals surface area (Å²) in [6, 6.07) is 4.94. The van der Waals surface area contributed by atoms with Crippen LogP contribution < -0.4 is 15.8 Å². The van der Waals surface area contributed by atoms with Crippen LogP contribution in [0, 0.1) is 0 Å². The maximum absolute atomic E-state index is 12.0. The average Bonchev–Trinajstić information content (AvgIpc) is 2.34. The fraction of sp³-hybridized carbons (Fsp3) is 0.0909. The number of H-pyrrole nitrogens is 1. The maximum Gasteiger partial charge on any atom is 0.263 e. The topological polar surface area (TPSA) is 101 Å². The second-order valence-electron chi connectivity index (χ2n) is 3.86. The van der Waals surface area contributed by atoms with Gasteiger partial charge in [0.25, 0.3) is 10.0 Å². The molecule has 2 aromatic rings. The van der Waals surface area contributed by atoms with Crippen LogP contribution in [0.2, 0.25) is 0 Å². The van der Waals surface area contributed by atoms with Crippen molar-refractivity contribution in [1.29, 1.82) is 0 Å². The molecule has 0 amide bonds. The van der Waals surface area contributed by atoms with Crippen LogP contribution in [0.25, 0.3) is 0 Å². The molecule has 8 heteroatoms. The zero-order valence-corrected chi connectivity index (χ0v) is 10.8. The Morgan fingerprint density at radius 3 is 2.47 bits per heavy atom. The van der Waals surface area contributed by atoms with E-state index < -0.39 is 10.0 Å². The highest BCUT2D eigenvalue weighted by atomic mass is 32.2. The Kier molecular flexibility index (Phi) is 3.26. The predicted molar refractivity (Wildman–Crippen MR) is 69.6 cm³/mol. The van der Waals surface area contributed by atoms with Crippen molar-refractivity contribution in [2.75, 3.05) is 4.72 Å². The molecule has 0 aliphatic heterocycles. The van der Waals surface area contributed by atoms with E-state index in [2.05, 4.69) is 9.71 Å². The summed E-state index contributed by atoms with van der Waals surface area (Å²) in [5.74, 6) is 0. The molecule has 7 nitrogen and oxygen atoms in total. The number of sulfonamides is 1. The number of pyridine rings is 2. The number of anilines is 1. The third-order valence-electron chi connectivity index (χ3n) is 2.40. The Labute approximate surface area is 108 Å². The van der Waals surface area contributed by atoms with E-state index in [1.165, 1.54) is 36.0 Å². The first-order valence-corrected chi connectivity index (χ1v) is 6.75. The molecule has 0 unspecified atom stereocenters. The van der Waals surface area contributed by atoms with Gasteiger partial charge < -0.3 is 9.55 Å². The van der Waals surface area contributed by atoms with Crippen molar-refractivity contribution >= 4 is 15.7 Å². The van der Waals surface area contributed by atoms with E-state index in [1.807, 2.05) is 0 Å². The van der Waals surface area contributed by atoms with Crippen LogP contribution in [0.1, 0.15) is 0 Å². The zero-order valence-electron chi connectivity index (χ0n) is 9.95. The van der Waals surface area contributed by atoms with Crippen molar-refractivity contribution in [2.45, 2.75) is 4.90 Å². The van der Waals surface area contributed by atoms with Crippen LogP contribution in [-0.2, 0) is 17.1 Å². The SMILES string of the molecule is Cn1cc(NS(=O)(=O)c2ccc(=O)[nH]c2)ccc1=O. The van der Waals surface area contributed by atoms with Crippen molar-refractivity contribution in [2.24, 2.45) is 7.05 Å². The van der Waals surface area contributed by atoms with E-state index in [-0.39, 0.29) is 21.7 Å². The highest BCUT2D eigenvalue weighted by molar-refractivity contribution is 7.92. The molecular weight excluding hydrogens is 270 g/mol. The summed E-state index contributed by atoms with van der Waals surface area (Å²) in [4.78, 5) is 24.3. The van der Waals surface area contributed by atoms with E-state index >= 15 is 0 Å². The Bertz CT molecular complexity index is 800. The summed E-state index contributed by atoms with van der Waals surface area (Å²) >= 11 is 0. The van der Waals surface area contributed by atoms with Crippen molar-refractivity contribution < 1.29 is 8.42 Å². The van der Waals surface area contributed by atoms with Crippen LogP contribution >= 0.6 is 0 Å². The lowest BCUT2D eigenvalue weighted by atomic mass is 10.4. The van der Waals surface area contributed by atoms with Gasteiger partial charge in [0.2, 0.25) is 11.1 Å². The van der Waals surface area contributed by atoms with Gasteiger partial charge in [-0.25, -0.2) is 8.42 Å². The Morgan fingerprint density at radius 1 is 1.16 bits per heavy atom. The number of rotatable bonds is 3. The normalized spacial score (nSPS) is 11.2. The average molecular weight is 281 g/mol. The molecular formula is C11H11N3O4S. The Morgan fingerprint density at radius 2 is 1.89 bits per heavy atom. The van der Waals surface area contributed by atoms with E-state index in [4.69, 9.17) is 0 Å². The first kappa shape index (κ1) is 13.1. The zero-order chi connectivity index (χ0) is 14.0. The lowest BCUT2D eigenvalue weighted by molar-refractivity contribution is 0.600. The van der Waals surface area contributed by atoms with Gasteiger partial charge in [-0.3, -0.25) is 14.3 Å². The second-order valence-corrected chi connectivity index (χ2v) is 5.54. The molecule has 0 aliphatic carbocycles. The largest absolute Gasteiger partial charge is 0.328 e. The van der Waals surface area contributed by atoms with Gasteiger partial charge in [0.15, 0.2) is 0 Å². The first-order valence-electron chi connectivity index (χ1n) is 5.27. The second kappa shape index (κ2) is 4.73. The van der Waals surface area contributed by atoms with Crippen molar-refractivity contribution in [1.82, 2.24) is 9.55 Å². The van der Waals surface area contributed by atoms with Crippen LogP contribution in [0.4, 0.5) is 5.69 Å². The number of aromatic nitrogens is 2. The highest BCUT2D eigenvalue weighted by Gasteiger charge is 2.14. The minimum Gasteiger partial charge on any atom is -0.328 e. The lowest BCUT2D eigenvalue weighted by Gasteiger charge is -2.08. The molecule has 0 aromatic carbocycles. The molecule has 100 valence electrons. The number of nitrogens with one attached hydrogen (secondary N) is 2. The van der Waals surface area contributed by atoms with E-state index in [0.717, 1.165) is 12.3 Å². The molecule has 0 bridgehead atoms. The number of hydrogen-bond acceptors (Lipinski definition) is 4. The van der Waals surface area contributed by atoms with E-state index in [0.29, 0.717) is 0 Å². The molecule has 0 radical (unpaired) electrons. The monoisotopic (exact) mass is 281 g/mol. The lowest BCUT2D eigenvalue weighted by Crippen LogP contribution is -2.19. The molecule has 0 saturated heterocycles. The first-order chi connectivity index (χ1) is 8.88. The van der Waals surface area contributed by atoms with E-state index in [1.54, 1.807) is 0 Å². The van der Waals surface area contributed by atoms with Gasteiger partial charge >= 0.3 is 0 Å². The standard InChI is InChI=1S/C11H11N3O4S/c1-14-7-8(2-5-11(14)16)13-19(17,18)9-3-4-10(15)12-6-9/h2-7,13H,1H3,(H,12,15). The van der Waals surface area contributed by atoms with Gasteiger partial charge in [-0.15, -0.1) is 0 Å². The molecule has 0 fully saturated rings.